The Balaban J connectivity index is 3.07. The second kappa shape index (κ2) is 6.75. The van der Waals surface area contributed by atoms with Crippen molar-refractivity contribution in [2.45, 2.75) is 32.0 Å². The number of nitrogens with one attached hydrogen (secondary N) is 1. The van der Waals surface area contributed by atoms with Crippen LogP contribution in [0, 0.1) is 11.3 Å². The van der Waals surface area contributed by atoms with Crippen LogP contribution in [0.2, 0.25) is 0 Å². The highest BCUT2D eigenvalue weighted by Gasteiger charge is 2.35. The Kier molecular flexibility index (Phi) is 5.57. The van der Waals surface area contributed by atoms with Gasteiger partial charge < -0.3 is 5.32 Å². The van der Waals surface area contributed by atoms with E-state index in [1.807, 2.05) is 6.07 Å². The van der Waals surface area contributed by atoms with Gasteiger partial charge in [0.15, 0.2) is 0 Å². The summed E-state index contributed by atoms with van der Waals surface area (Å²) in [5.41, 5.74) is -1.45. The van der Waals surface area contributed by atoms with Crippen LogP contribution in [0.25, 0.3) is 0 Å². The molecule has 108 valence electrons. The van der Waals surface area contributed by atoms with Gasteiger partial charge in [0.2, 0.25) is 0 Å². The average Bonchev–Trinajstić information content (AvgIpc) is 2.36. The molecule has 3 nitrogen and oxygen atoms in total. The summed E-state index contributed by atoms with van der Waals surface area (Å²) in [5, 5.41) is 11.0. The number of nitrogens with zero attached hydrogens (tertiary/aromatic N) is 1. The molecule has 0 spiro atoms. The maximum Gasteiger partial charge on any atom is 0.417 e. The predicted octanol–water partition coefficient (Wildman–Crippen LogP) is 3.89. The van der Waals surface area contributed by atoms with Crippen molar-refractivity contribution >= 4 is 21.8 Å². The smallest absolute Gasteiger partial charge is 0.348 e. The molecular formula is C13H12BrF3N2O. The second-order valence-electron chi connectivity index (χ2n) is 4.13. The summed E-state index contributed by atoms with van der Waals surface area (Å²) in [6, 6.07) is 4.77. The normalized spacial score (nSPS) is 12.6. The Labute approximate surface area is 122 Å². The fourth-order valence-corrected chi connectivity index (χ4v) is 1.98. The van der Waals surface area contributed by atoms with E-state index in [0.29, 0.717) is 6.42 Å². The van der Waals surface area contributed by atoms with Gasteiger partial charge in [-0.3, -0.25) is 4.79 Å². The third-order valence-electron chi connectivity index (χ3n) is 2.70. The first-order valence-corrected chi connectivity index (χ1v) is 6.63. The molecule has 0 aliphatic heterocycles. The van der Waals surface area contributed by atoms with Crippen LogP contribution >= 0.6 is 15.9 Å². The molecule has 0 saturated heterocycles. The lowest BCUT2D eigenvalue weighted by atomic mass is 10.1. The lowest BCUT2D eigenvalue weighted by Crippen LogP contribution is -2.35. The number of rotatable bonds is 4. The van der Waals surface area contributed by atoms with Crippen molar-refractivity contribution in [3.8, 4) is 6.07 Å². The third-order valence-corrected chi connectivity index (χ3v) is 3.19. The molecular weight excluding hydrogens is 337 g/mol. The van der Waals surface area contributed by atoms with Crippen molar-refractivity contribution in [3.63, 3.8) is 0 Å². The molecule has 0 radical (unpaired) electrons. The molecule has 1 aromatic carbocycles. The highest BCUT2D eigenvalue weighted by molar-refractivity contribution is 9.10. The zero-order valence-electron chi connectivity index (χ0n) is 10.6. The maximum absolute atomic E-state index is 12.9. The maximum atomic E-state index is 12.9. The third kappa shape index (κ3) is 4.23. The predicted molar refractivity (Wildman–Crippen MR) is 70.9 cm³/mol. The number of alkyl halides is 3. The van der Waals surface area contributed by atoms with Gasteiger partial charge in [0, 0.05) is 10.5 Å². The largest absolute Gasteiger partial charge is 0.417 e. The number of halogens is 4. The summed E-state index contributed by atoms with van der Waals surface area (Å²) in [7, 11) is 0. The van der Waals surface area contributed by atoms with Crippen molar-refractivity contribution in [3.05, 3.63) is 33.8 Å². The Morgan fingerprint density at radius 1 is 1.50 bits per heavy atom. The van der Waals surface area contributed by atoms with Gasteiger partial charge in [0.1, 0.15) is 0 Å². The first-order valence-electron chi connectivity index (χ1n) is 5.84. The Bertz CT molecular complexity index is 537. The van der Waals surface area contributed by atoms with E-state index in [0.717, 1.165) is 12.1 Å². The summed E-state index contributed by atoms with van der Waals surface area (Å²) in [5.74, 6) is -0.827. The lowest BCUT2D eigenvalue weighted by Gasteiger charge is -2.17. The molecule has 1 atom stereocenters. The molecule has 1 N–H and O–H groups in total. The number of carbonyl (C=O) groups excluding carboxylic acids is 1. The van der Waals surface area contributed by atoms with Gasteiger partial charge in [-0.15, -0.1) is 0 Å². The van der Waals surface area contributed by atoms with Crippen molar-refractivity contribution in [2.24, 2.45) is 0 Å². The second-order valence-corrected chi connectivity index (χ2v) is 5.04. The van der Waals surface area contributed by atoms with Crippen molar-refractivity contribution < 1.29 is 18.0 Å². The first-order chi connectivity index (χ1) is 9.29. The number of carbonyl (C=O) groups is 1. The SMILES string of the molecule is CCC(CC#N)NC(=O)c1ccc(Br)cc1C(F)(F)F. The van der Waals surface area contributed by atoms with E-state index >= 15 is 0 Å². The van der Waals surface area contributed by atoms with Crippen LogP contribution in [0.5, 0.6) is 0 Å². The molecule has 0 saturated carbocycles. The average molecular weight is 349 g/mol. The molecule has 0 aromatic heterocycles. The molecule has 0 aliphatic rings. The van der Waals surface area contributed by atoms with Crippen LogP contribution in [0.3, 0.4) is 0 Å². The molecule has 1 amide bonds. The zero-order chi connectivity index (χ0) is 15.3. The van der Waals surface area contributed by atoms with Gasteiger partial charge in [-0.1, -0.05) is 22.9 Å². The van der Waals surface area contributed by atoms with Crippen LogP contribution in [0.1, 0.15) is 35.7 Å². The van der Waals surface area contributed by atoms with Gasteiger partial charge in [0.05, 0.1) is 23.6 Å². The molecule has 20 heavy (non-hydrogen) atoms. The summed E-state index contributed by atoms with van der Waals surface area (Å²) < 4.78 is 38.9. The van der Waals surface area contributed by atoms with Crippen LogP contribution < -0.4 is 5.32 Å². The van der Waals surface area contributed by atoms with Gasteiger partial charge in [-0.05, 0) is 24.6 Å². The monoisotopic (exact) mass is 348 g/mol. The van der Waals surface area contributed by atoms with E-state index in [9.17, 15) is 18.0 Å². The number of amides is 1. The van der Waals surface area contributed by atoms with Crippen molar-refractivity contribution in [2.75, 3.05) is 0 Å². The summed E-state index contributed by atoms with van der Waals surface area (Å²) in [6.45, 7) is 1.74. The summed E-state index contributed by atoms with van der Waals surface area (Å²) in [6.07, 6.45) is -4.09. The summed E-state index contributed by atoms with van der Waals surface area (Å²) in [4.78, 5) is 11.9. The molecule has 0 bridgehead atoms. The summed E-state index contributed by atoms with van der Waals surface area (Å²) >= 11 is 2.95. The Hall–Kier alpha value is -1.55. The number of hydrogen-bond donors (Lipinski definition) is 1. The van der Waals surface area contributed by atoms with Gasteiger partial charge in [-0.25, -0.2) is 0 Å². The topological polar surface area (TPSA) is 52.9 Å². The van der Waals surface area contributed by atoms with E-state index < -0.39 is 29.3 Å². The van der Waals surface area contributed by atoms with Crippen molar-refractivity contribution in [1.82, 2.24) is 5.32 Å². The van der Waals surface area contributed by atoms with E-state index in [-0.39, 0.29) is 10.9 Å². The van der Waals surface area contributed by atoms with E-state index in [2.05, 4.69) is 21.2 Å². The van der Waals surface area contributed by atoms with Crippen LogP contribution in [-0.2, 0) is 6.18 Å². The van der Waals surface area contributed by atoms with Gasteiger partial charge in [0.25, 0.3) is 5.91 Å². The van der Waals surface area contributed by atoms with Crippen LogP contribution in [0.4, 0.5) is 13.2 Å². The molecule has 1 rings (SSSR count). The molecule has 1 aromatic rings. The van der Waals surface area contributed by atoms with Crippen molar-refractivity contribution in [1.29, 1.82) is 5.26 Å². The lowest BCUT2D eigenvalue weighted by molar-refractivity contribution is -0.138. The first kappa shape index (κ1) is 16.5. The fourth-order valence-electron chi connectivity index (χ4n) is 1.62. The van der Waals surface area contributed by atoms with Gasteiger partial charge >= 0.3 is 6.18 Å². The number of nitriles is 1. The Morgan fingerprint density at radius 2 is 2.15 bits per heavy atom. The molecule has 0 heterocycles. The quantitative estimate of drug-likeness (QED) is 0.897. The highest BCUT2D eigenvalue weighted by Crippen LogP contribution is 2.33. The van der Waals surface area contributed by atoms with Gasteiger partial charge in [-0.2, -0.15) is 18.4 Å². The van der Waals surface area contributed by atoms with E-state index in [4.69, 9.17) is 5.26 Å². The molecule has 0 aliphatic carbocycles. The van der Waals surface area contributed by atoms with Crippen LogP contribution in [0.15, 0.2) is 22.7 Å². The minimum absolute atomic E-state index is 0.0557. The zero-order valence-corrected chi connectivity index (χ0v) is 12.2. The van der Waals surface area contributed by atoms with E-state index in [1.54, 1.807) is 6.92 Å². The number of benzene rings is 1. The minimum Gasteiger partial charge on any atom is -0.348 e. The van der Waals surface area contributed by atoms with Crippen LogP contribution in [-0.4, -0.2) is 11.9 Å². The number of hydrogen-bond acceptors (Lipinski definition) is 2. The molecule has 0 fully saturated rings. The molecule has 1 unspecified atom stereocenters. The highest BCUT2D eigenvalue weighted by atomic mass is 79.9. The standard InChI is InChI=1S/C13H12BrF3N2O/c1-2-9(5-6-18)19-12(20)10-4-3-8(14)7-11(10)13(15,16)17/h3-4,7,9H,2,5H2,1H3,(H,19,20). The molecule has 7 heteroatoms. The minimum atomic E-state index is -4.62. The fraction of sp³-hybridized carbons (Fsp3) is 0.385. The Morgan fingerprint density at radius 3 is 2.65 bits per heavy atom. The van der Waals surface area contributed by atoms with E-state index in [1.165, 1.54) is 6.07 Å².